The molecule has 1 aromatic carbocycles. The lowest BCUT2D eigenvalue weighted by atomic mass is 9.68. The number of hydrogen-bond acceptors (Lipinski definition) is 2. The molecule has 2 aromatic rings. The minimum Gasteiger partial charge on any atom is -0.357 e. The topological polar surface area (TPSA) is 40.5 Å². The summed E-state index contributed by atoms with van der Waals surface area (Å²) in [4.78, 5) is 11.9. The summed E-state index contributed by atoms with van der Waals surface area (Å²) in [6, 6.07) is 10.5. The third-order valence-corrected chi connectivity index (χ3v) is 5.62. The fourth-order valence-electron chi connectivity index (χ4n) is 4.08. The molecule has 4 nitrogen and oxygen atoms in total. The zero-order valence-electron chi connectivity index (χ0n) is 14.9. The number of aliphatic imine (C=N–C) groups is 1. The minimum atomic E-state index is 0. The van der Waals surface area contributed by atoms with Crippen molar-refractivity contribution in [2.75, 3.05) is 19.6 Å². The number of nitrogens with zero attached hydrogens (tertiary/aromatic N) is 3. The monoisotopic (exact) mass is 450 g/mol. The third-order valence-electron chi connectivity index (χ3n) is 5.62. The molecule has 4 rings (SSSR count). The zero-order chi connectivity index (χ0) is 16.4. The maximum absolute atomic E-state index is 4.91. The van der Waals surface area contributed by atoms with Gasteiger partial charge in [-0.05, 0) is 43.1 Å². The van der Waals surface area contributed by atoms with Gasteiger partial charge < -0.3 is 10.2 Å². The maximum atomic E-state index is 4.91. The lowest BCUT2D eigenvalue weighted by Crippen LogP contribution is -2.42. The van der Waals surface area contributed by atoms with Crippen LogP contribution in [0.5, 0.6) is 0 Å². The van der Waals surface area contributed by atoms with Gasteiger partial charge in [-0.1, -0.05) is 30.7 Å². The minimum absolute atomic E-state index is 0. The van der Waals surface area contributed by atoms with Gasteiger partial charge in [0.1, 0.15) is 0 Å². The van der Waals surface area contributed by atoms with Gasteiger partial charge in [-0.3, -0.25) is 4.98 Å². The molecule has 1 aromatic heterocycles. The lowest BCUT2D eigenvalue weighted by Gasteiger charge is -2.38. The number of rotatable bonds is 3. The van der Waals surface area contributed by atoms with E-state index in [0.29, 0.717) is 12.0 Å². The fourth-order valence-corrected chi connectivity index (χ4v) is 4.08. The van der Waals surface area contributed by atoms with Gasteiger partial charge in [-0.15, -0.1) is 24.0 Å². The Labute approximate surface area is 167 Å². The molecule has 1 aliphatic carbocycles. The molecule has 0 atom stereocenters. The Kier molecular flexibility index (Phi) is 5.81. The summed E-state index contributed by atoms with van der Waals surface area (Å²) in [7, 11) is 0. The quantitative estimate of drug-likeness (QED) is 0.433. The molecule has 2 fully saturated rings. The van der Waals surface area contributed by atoms with E-state index in [4.69, 9.17) is 4.99 Å². The number of aromatic nitrogens is 1. The van der Waals surface area contributed by atoms with Crippen LogP contribution in [0, 0.1) is 5.41 Å². The number of hydrogen-bond donors (Lipinski definition) is 1. The fraction of sp³-hybridized carbons (Fsp3) is 0.500. The van der Waals surface area contributed by atoms with Gasteiger partial charge in [-0.2, -0.15) is 0 Å². The first-order valence-electron chi connectivity index (χ1n) is 9.16. The van der Waals surface area contributed by atoms with E-state index in [2.05, 4.69) is 52.5 Å². The van der Waals surface area contributed by atoms with Crippen LogP contribution in [0.15, 0.2) is 41.5 Å². The molecule has 0 amide bonds. The van der Waals surface area contributed by atoms with Gasteiger partial charge in [0.15, 0.2) is 5.96 Å². The Morgan fingerprint density at radius 3 is 2.80 bits per heavy atom. The van der Waals surface area contributed by atoms with E-state index in [9.17, 15) is 0 Å². The maximum Gasteiger partial charge on any atom is 0.194 e. The van der Waals surface area contributed by atoms with Crippen molar-refractivity contribution in [2.45, 2.75) is 39.2 Å². The summed E-state index contributed by atoms with van der Waals surface area (Å²) in [5, 5.41) is 5.92. The molecule has 0 bridgehead atoms. The van der Waals surface area contributed by atoms with Crippen molar-refractivity contribution in [1.82, 2.24) is 15.2 Å². The van der Waals surface area contributed by atoms with Crippen LogP contribution in [0.1, 0.15) is 38.3 Å². The number of fused-ring (bicyclic) bond motifs is 1. The molecule has 2 heterocycles. The molecule has 1 aliphatic heterocycles. The molecule has 0 unspecified atom stereocenters. The van der Waals surface area contributed by atoms with Gasteiger partial charge in [0.2, 0.25) is 0 Å². The van der Waals surface area contributed by atoms with Crippen molar-refractivity contribution >= 4 is 40.7 Å². The highest BCUT2D eigenvalue weighted by Gasteiger charge is 2.43. The number of likely N-dealkylation sites (tertiary alicyclic amines) is 1. The van der Waals surface area contributed by atoms with Crippen LogP contribution in [0.2, 0.25) is 0 Å². The van der Waals surface area contributed by atoms with E-state index in [1.165, 1.54) is 43.0 Å². The molecule has 134 valence electrons. The second-order valence-corrected chi connectivity index (χ2v) is 7.17. The van der Waals surface area contributed by atoms with E-state index in [0.717, 1.165) is 24.7 Å². The molecule has 5 heteroatoms. The first-order valence-corrected chi connectivity index (χ1v) is 9.16. The number of guanidine groups is 1. The summed E-state index contributed by atoms with van der Waals surface area (Å²) in [6.45, 7) is 5.98. The summed E-state index contributed by atoms with van der Waals surface area (Å²) >= 11 is 0. The zero-order valence-corrected chi connectivity index (χ0v) is 17.2. The van der Waals surface area contributed by atoms with Crippen LogP contribution in [-0.4, -0.2) is 35.5 Å². The van der Waals surface area contributed by atoms with Gasteiger partial charge in [-0.25, -0.2) is 4.99 Å². The van der Waals surface area contributed by atoms with Crippen LogP contribution < -0.4 is 5.32 Å². The lowest BCUT2D eigenvalue weighted by molar-refractivity contribution is 0.151. The molecule has 2 aliphatic rings. The largest absolute Gasteiger partial charge is 0.357 e. The van der Waals surface area contributed by atoms with E-state index in [-0.39, 0.29) is 24.0 Å². The van der Waals surface area contributed by atoms with Crippen molar-refractivity contribution in [2.24, 2.45) is 10.4 Å². The van der Waals surface area contributed by atoms with E-state index in [1.807, 2.05) is 6.20 Å². The SMILES string of the molecule is CCNC(=NCc1nccc2ccccc12)N1CCC2(CCC2)C1.I. The van der Waals surface area contributed by atoms with Gasteiger partial charge in [0, 0.05) is 31.2 Å². The Balaban J connectivity index is 0.00000182. The van der Waals surface area contributed by atoms with E-state index >= 15 is 0 Å². The van der Waals surface area contributed by atoms with Crippen LogP contribution >= 0.6 is 24.0 Å². The normalized spacial score (nSPS) is 18.9. The molecule has 1 spiro atoms. The first kappa shape index (κ1) is 18.4. The van der Waals surface area contributed by atoms with Gasteiger partial charge in [0.25, 0.3) is 0 Å². The average Bonchev–Trinajstić information content (AvgIpc) is 3.04. The number of pyridine rings is 1. The van der Waals surface area contributed by atoms with Crippen LogP contribution in [-0.2, 0) is 6.54 Å². The van der Waals surface area contributed by atoms with Crippen molar-refractivity contribution in [1.29, 1.82) is 0 Å². The van der Waals surface area contributed by atoms with Crippen molar-refractivity contribution in [3.63, 3.8) is 0 Å². The van der Waals surface area contributed by atoms with Crippen molar-refractivity contribution in [3.05, 3.63) is 42.2 Å². The standard InChI is InChI=1S/C20H26N4.HI/c1-2-21-19(24-13-11-20(15-24)9-5-10-20)23-14-18-17-7-4-3-6-16(17)8-12-22-18;/h3-4,6-8,12H,2,5,9-11,13-15H2,1H3,(H,21,23);1H. The number of halogens is 1. The summed E-state index contributed by atoms with van der Waals surface area (Å²) in [6.07, 6.45) is 7.41. The van der Waals surface area contributed by atoms with E-state index in [1.54, 1.807) is 0 Å². The smallest absolute Gasteiger partial charge is 0.194 e. The molecule has 1 N–H and O–H groups in total. The molecule has 1 saturated heterocycles. The molecule has 0 radical (unpaired) electrons. The van der Waals surface area contributed by atoms with Crippen LogP contribution in [0.25, 0.3) is 10.8 Å². The van der Waals surface area contributed by atoms with Crippen LogP contribution in [0.4, 0.5) is 0 Å². The highest BCUT2D eigenvalue weighted by Crippen LogP contribution is 2.47. The summed E-state index contributed by atoms with van der Waals surface area (Å²) in [5.74, 6) is 1.05. The van der Waals surface area contributed by atoms with Crippen molar-refractivity contribution < 1.29 is 0 Å². The summed E-state index contributed by atoms with van der Waals surface area (Å²) < 4.78 is 0. The van der Waals surface area contributed by atoms with Gasteiger partial charge in [0.05, 0.1) is 12.2 Å². The Hall–Kier alpha value is -1.37. The molecular formula is C20H27IN4. The van der Waals surface area contributed by atoms with Crippen LogP contribution in [0.3, 0.4) is 0 Å². The Bertz CT molecular complexity index is 749. The van der Waals surface area contributed by atoms with Crippen molar-refractivity contribution in [3.8, 4) is 0 Å². The highest BCUT2D eigenvalue weighted by molar-refractivity contribution is 14.0. The number of benzene rings is 1. The molecular weight excluding hydrogens is 423 g/mol. The summed E-state index contributed by atoms with van der Waals surface area (Å²) in [5.41, 5.74) is 1.65. The Morgan fingerprint density at radius 2 is 2.08 bits per heavy atom. The molecule has 25 heavy (non-hydrogen) atoms. The second-order valence-electron chi connectivity index (χ2n) is 7.17. The first-order chi connectivity index (χ1) is 11.8. The Morgan fingerprint density at radius 1 is 1.24 bits per heavy atom. The average molecular weight is 450 g/mol. The predicted molar refractivity (Wildman–Crippen MR) is 114 cm³/mol. The second kappa shape index (κ2) is 7.89. The highest BCUT2D eigenvalue weighted by atomic mass is 127. The molecule has 1 saturated carbocycles. The van der Waals surface area contributed by atoms with E-state index < -0.39 is 0 Å². The number of nitrogens with one attached hydrogen (secondary N) is 1. The third kappa shape index (κ3) is 3.76. The van der Waals surface area contributed by atoms with Gasteiger partial charge >= 0.3 is 0 Å². The predicted octanol–water partition coefficient (Wildman–Crippen LogP) is 4.19.